The van der Waals surface area contributed by atoms with Crippen molar-refractivity contribution in [3.8, 4) is 0 Å². The Labute approximate surface area is 114 Å². The zero-order valence-corrected chi connectivity index (χ0v) is 11.9. The molecule has 1 amide bonds. The summed E-state index contributed by atoms with van der Waals surface area (Å²) in [5.74, 6) is -0.0737. The van der Waals surface area contributed by atoms with Crippen LogP contribution in [0, 0.1) is 5.92 Å². The normalized spacial score (nSPS) is 24.4. The van der Waals surface area contributed by atoms with Gasteiger partial charge >= 0.3 is 0 Å². The van der Waals surface area contributed by atoms with Gasteiger partial charge in [0.05, 0.1) is 0 Å². The van der Waals surface area contributed by atoms with E-state index in [-0.39, 0.29) is 11.8 Å². The van der Waals surface area contributed by atoms with Crippen molar-refractivity contribution in [2.75, 3.05) is 39.3 Å². The van der Waals surface area contributed by atoms with E-state index < -0.39 is 10.2 Å². The molecule has 2 saturated heterocycles. The van der Waals surface area contributed by atoms with Crippen LogP contribution in [0.4, 0.5) is 0 Å². The topological polar surface area (TPSA) is 95.7 Å². The molecule has 0 saturated carbocycles. The number of nitrogens with two attached hydrogens (primary N) is 1. The molecule has 0 aromatic carbocycles. The third kappa shape index (κ3) is 3.65. The van der Waals surface area contributed by atoms with Crippen LogP contribution in [0.1, 0.15) is 19.3 Å². The SMILES string of the molecule is NC(=O)CC1CCN(S(=O)(=O)N2CCNCC2)CC1. The highest BCUT2D eigenvalue weighted by atomic mass is 32.2. The molecule has 2 aliphatic rings. The van der Waals surface area contributed by atoms with Gasteiger partial charge in [-0.25, -0.2) is 0 Å². The Balaban J connectivity index is 1.90. The molecular weight excluding hydrogens is 268 g/mol. The van der Waals surface area contributed by atoms with E-state index in [1.807, 2.05) is 0 Å². The molecule has 2 rings (SSSR count). The smallest absolute Gasteiger partial charge is 0.282 e. The van der Waals surface area contributed by atoms with E-state index >= 15 is 0 Å². The van der Waals surface area contributed by atoms with Crippen LogP contribution in [0.5, 0.6) is 0 Å². The predicted octanol–water partition coefficient (Wildman–Crippen LogP) is -1.28. The molecular formula is C11H22N4O3S. The number of carbonyl (C=O) groups is 1. The number of nitrogens with zero attached hydrogens (tertiary/aromatic N) is 2. The van der Waals surface area contributed by atoms with Gasteiger partial charge in [0.1, 0.15) is 0 Å². The van der Waals surface area contributed by atoms with Crippen molar-refractivity contribution in [3.63, 3.8) is 0 Å². The summed E-state index contributed by atoms with van der Waals surface area (Å²) in [4.78, 5) is 10.9. The van der Waals surface area contributed by atoms with E-state index in [0.29, 0.717) is 58.5 Å². The van der Waals surface area contributed by atoms with Gasteiger partial charge in [0.25, 0.3) is 10.2 Å². The first-order valence-electron chi connectivity index (χ1n) is 6.74. The van der Waals surface area contributed by atoms with E-state index in [1.165, 1.54) is 8.61 Å². The fourth-order valence-corrected chi connectivity index (χ4v) is 4.31. The largest absolute Gasteiger partial charge is 0.370 e. The second-order valence-corrected chi connectivity index (χ2v) is 7.10. The van der Waals surface area contributed by atoms with Gasteiger partial charge in [-0.2, -0.15) is 17.0 Å². The van der Waals surface area contributed by atoms with Crippen molar-refractivity contribution < 1.29 is 13.2 Å². The quantitative estimate of drug-likeness (QED) is 0.674. The first kappa shape index (κ1) is 14.7. The van der Waals surface area contributed by atoms with Crippen molar-refractivity contribution in [1.29, 1.82) is 0 Å². The number of piperidine rings is 1. The van der Waals surface area contributed by atoms with Crippen LogP contribution in [0.2, 0.25) is 0 Å². The molecule has 0 unspecified atom stereocenters. The fourth-order valence-electron chi connectivity index (χ4n) is 2.67. The molecule has 2 fully saturated rings. The van der Waals surface area contributed by atoms with E-state index in [9.17, 15) is 13.2 Å². The minimum atomic E-state index is -3.33. The average Bonchev–Trinajstić information content (AvgIpc) is 2.40. The summed E-state index contributed by atoms with van der Waals surface area (Å²) in [6.45, 7) is 3.45. The van der Waals surface area contributed by atoms with Gasteiger partial charge in [0.15, 0.2) is 0 Å². The van der Waals surface area contributed by atoms with Gasteiger partial charge in [-0.05, 0) is 18.8 Å². The molecule has 0 atom stereocenters. The second kappa shape index (κ2) is 6.17. The molecule has 2 aliphatic heterocycles. The molecule has 8 heteroatoms. The van der Waals surface area contributed by atoms with Crippen LogP contribution in [-0.4, -0.2) is 62.2 Å². The molecule has 0 aromatic rings. The Morgan fingerprint density at radius 3 is 2.16 bits per heavy atom. The van der Waals surface area contributed by atoms with Crippen molar-refractivity contribution in [1.82, 2.24) is 13.9 Å². The summed E-state index contributed by atoms with van der Waals surface area (Å²) in [5, 5.41) is 3.14. The van der Waals surface area contributed by atoms with Crippen molar-refractivity contribution >= 4 is 16.1 Å². The van der Waals surface area contributed by atoms with Gasteiger partial charge in [-0.15, -0.1) is 0 Å². The molecule has 3 N–H and O–H groups in total. The van der Waals surface area contributed by atoms with E-state index in [2.05, 4.69) is 5.32 Å². The Bertz CT molecular complexity index is 412. The van der Waals surface area contributed by atoms with Crippen molar-refractivity contribution in [3.05, 3.63) is 0 Å². The lowest BCUT2D eigenvalue weighted by atomic mass is 9.94. The molecule has 2 heterocycles. The van der Waals surface area contributed by atoms with Gasteiger partial charge in [0, 0.05) is 45.7 Å². The lowest BCUT2D eigenvalue weighted by Crippen LogP contribution is -2.53. The van der Waals surface area contributed by atoms with Crippen molar-refractivity contribution in [2.45, 2.75) is 19.3 Å². The predicted molar refractivity (Wildman–Crippen MR) is 71.5 cm³/mol. The number of rotatable bonds is 4. The third-order valence-corrected chi connectivity index (χ3v) is 5.83. The molecule has 0 radical (unpaired) electrons. The van der Waals surface area contributed by atoms with Crippen LogP contribution >= 0.6 is 0 Å². The standard InChI is InChI=1S/C11H22N4O3S/c12-11(16)9-10-1-5-14(6-2-10)19(17,18)15-7-3-13-4-8-15/h10,13H,1-9H2,(H2,12,16). The van der Waals surface area contributed by atoms with Crippen LogP contribution in [-0.2, 0) is 15.0 Å². The van der Waals surface area contributed by atoms with Crippen LogP contribution in [0.15, 0.2) is 0 Å². The Kier molecular flexibility index (Phi) is 4.77. The summed E-state index contributed by atoms with van der Waals surface area (Å²) in [6.07, 6.45) is 1.80. The highest BCUT2D eigenvalue weighted by Crippen LogP contribution is 2.23. The highest BCUT2D eigenvalue weighted by molar-refractivity contribution is 7.86. The Hall–Kier alpha value is -0.700. The summed E-state index contributed by atoms with van der Waals surface area (Å²) >= 11 is 0. The zero-order chi connectivity index (χ0) is 13.9. The van der Waals surface area contributed by atoms with E-state index in [4.69, 9.17) is 5.73 Å². The summed E-state index contributed by atoms with van der Waals surface area (Å²) in [6, 6.07) is 0. The van der Waals surface area contributed by atoms with Gasteiger partial charge in [0.2, 0.25) is 5.91 Å². The summed E-state index contributed by atoms with van der Waals surface area (Å²) in [5.41, 5.74) is 5.17. The third-order valence-electron chi connectivity index (χ3n) is 3.79. The number of amides is 1. The minimum Gasteiger partial charge on any atom is -0.370 e. The van der Waals surface area contributed by atoms with Gasteiger partial charge in [-0.3, -0.25) is 4.79 Å². The summed E-state index contributed by atoms with van der Waals surface area (Å²) < 4.78 is 27.9. The number of carbonyl (C=O) groups excluding carboxylic acids is 1. The fraction of sp³-hybridized carbons (Fsp3) is 0.909. The molecule has 0 aliphatic carbocycles. The molecule has 7 nitrogen and oxygen atoms in total. The maximum atomic E-state index is 12.4. The van der Waals surface area contributed by atoms with Crippen LogP contribution in [0.3, 0.4) is 0 Å². The maximum Gasteiger partial charge on any atom is 0.282 e. The van der Waals surface area contributed by atoms with Crippen LogP contribution < -0.4 is 11.1 Å². The van der Waals surface area contributed by atoms with Gasteiger partial charge in [-0.1, -0.05) is 0 Å². The first-order valence-corrected chi connectivity index (χ1v) is 8.14. The highest BCUT2D eigenvalue weighted by Gasteiger charge is 2.33. The Morgan fingerprint density at radius 2 is 1.63 bits per heavy atom. The summed E-state index contributed by atoms with van der Waals surface area (Å²) in [7, 11) is -3.33. The average molecular weight is 290 g/mol. The number of nitrogens with one attached hydrogen (secondary N) is 1. The lowest BCUT2D eigenvalue weighted by molar-refractivity contribution is -0.119. The lowest BCUT2D eigenvalue weighted by Gasteiger charge is -2.36. The number of piperazine rings is 1. The zero-order valence-electron chi connectivity index (χ0n) is 11.0. The number of primary amides is 1. The maximum absolute atomic E-state index is 12.4. The number of hydrogen-bond acceptors (Lipinski definition) is 4. The second-order valence-electron chi connectivity index (χ2n) is 5.17. The van der Waals surface area contributed by atoms with Gasteiger partial charge < -0.3 is 11.1 Å². The molecule has 19 heavy (non-hydrogen) atoms. The Morgan fingerprint density at radius 1 is 1.11 bits per heavy atom. The molecule has 0 bridgehead atoms. The molecule has 0 aromatic heterocycles. The monoisotopic (exact) mass is 290 g/mol. The van der Waals surface area contributed by atoms with E-state index in [1.54, 1.807) is 0 Å². The van der Waals surface area contributed by atoms with E-state index in [0.717, 1.165) is 0 Å². The molecule has 110 valence electrons. The van der Waals surface area contributed by atoms with Crippen LogP contribution in [0.25, 0.3) is 0 Å². The molecule has 0 spiro atoms. The number of hydrogen-bond donors (Lipinski definition) is 2. The first-order chi connectivity index (χ1) is 9.00. The van der Waals surface area contributed by atoms with Crippen molar-refractivity contribution in [2.24, 2.45) is 11.7 Å². The minimum absolute atomic E-state index is 0.229.